The Balaban J connectivity index is 1.65. The summed E-state index contributed by atoms with van der Waals surface area (Å²) >= 11 is 1.28. The Morgan fingerprint density at radius 3 is 2.47 bits per heavy atom. The number of benzene rings is 3. The van der Waals surface area contributed by atoms with Gasteiger partial charge in [-0.2, -0.15) is 13.2 Å². The Kier molecular flexibility index (Phi) is 6.65. The van der Waals surface area contributed by atoms with E-state index in [-0.39, 0.29) is 30.0 Å². The average molecular weight is 489 g/mol. The van der Waals surface area contributed by atoms with E-state index in [1.165, 1.54) is 53.1 Å². The highest BCUT2D eigenvalue weighted by Gasteiger charge is 2.37. The van der Waals surface area contributed by atoms with Gasteiger partial charge in [-0.15, -0.1) is 11.8 Å². The van der Waals surface area contributed by atoms with Crippen LogP contribution < -0.4 is 4.90 Å². The number of esters is 1. The number of alkyl halides is 3. The number of hydrogen-bond donors (Lipinski definition) is 0. The van der Waals surface area contributed by atoms with Crippen LogP contribution in [0.1, 0.15) is 27.0 Å². The summed E-state index contributed by atoms with van der Waals surface area (Å²) in [5.74, 6) is -1.96. The molecule has 0 aromatic heterocycles. The molecule has 1 amide bonds. The molecular weight excluding hydrogens is 470 g/mol. The van der Waals surface area contributed by atoms with Crippen molar-refractivity contribution in [1.82, 2.24) is 0 Å². The molecule has 3 aromatic carbocycles. The number of amides is 1. The van der Waals surface area contributed by atoms with Gasteiger partial charge in [0.15, 0.2) is 0 Å². The van der Waals surface area contributed by atoms with E-state index < -0.39 is 28.8 Å². The van der Waals surface area contributed by atoms with Crippen molar-refractivity contribution in [3.8, 4) is 0 Å². The fourth-order valence-corrected chi connectivity index (χ4v) is 5.11. The molecule has 4 rings (SSSR count). The maximum atomic E-state index is 14.4. The summed E-state index contributed by atoms with van der Waals surface area (Å²) in [6.07, 6.45) is -4.42. The van der Waals surface area contributed by atoms with E-state index in [4.69, 9.17) is 0 Å². The van der Waals surface area contributed by atoms with Crippen molar-refractivity contribution in [3.05, 3.63) is 94.8 Å². The number of halogens is 4. The van der Waals surface area contributed by atoms with E-state index in [1.807, 2.05) is 0 Å². The molecular formula is C25H19F4NO3S. The highest BCUT2D eigenvalue weighted by molar-refractivity contribution is 8.01. The van der Waals surface area contributed by atoms with Crippen molar-refractivity contribution < 1.29 is 31.9 Å². The Morgan fingerprint density at radius 1 is 1.06 bits per heavy atom. The van der Waals surface area contributed by atoms with Crippen molar-refractivity contribution in [2.75, 3.05) is 12.0 Å². The van der Waals surface area contributed by atoms with E-state index >= 15 is 0 Å². The van der Waals surface area contributed by atoms with Gasteiger partial charge < -0.3 is 9.64 Å². The topological polar surface area (TPSA) is 46.6 Å². The van der Waals surface area contributed by atoms with Crippen LogP contribution in [0.25, 0.3) is 0 Å². The smallest absolute Gasteiger partial charge is 0.416 e. The van der Waals surface area contributed by atoms with Gasteiger partial charge in [-0.25, -0.2) is 9.18 Å². The number of hydrogen-bond acceptors (Lipinski definition) is 4. The minimum absolute atomic E-state index is 0.0164. The highest BCUT2D eigenvalue weighted by atomic mass is 32.2. The lowest BCUT2D eigenvalue weighted by molar-refractivity contribution is -0.138. The van der Waals surface area contributed by atoms with Gasteiger partial charge in [0.05, 0.1) is 35.7 Å². The number of carbonyl (C=O) groups excluding carboxylic acids is 2. The first-order valence-corrected chi connectivity index (χ1v) is 11.2. The second-order valence-corrected chi connectivity index (χ2v) is 8.91. The van der Waals surface area contributed by atoms with Crippen molar-refractivity contribution in [1.29, 1.82) is 0 Å². The number of ether oxygens (including phenoxy) is 1. The van der Waals surface area contributed by atoms with Crippen LogP contribution in [-0.2, 0) is 28.7 Å². The summed E-state index contributed by atoms with van der Waals surface area (Å²) in [5, 5.41) is -0.684. The second kappa shape index (κ2) is 9.50. The number of fused-ring (bicyclic) bond motifs is 1. The Morgan fingerprint density at radius 2 is 1.76 bits per heavy atom. The molecule has 4 nitrogen and oxygen atoms in total. The van der Waals surface area contributed by atoms with Crippen LogP contribution in [0.15, 0.2) is 71.6 Å². The van der Waals surface area contributed by atoms with Gasteiger partial charge >= 0.3 is 12.1 Å². The minimum atomic E-state index is -4.55. The first-order valence-electron chi connectivity index (χ1n) is 10.3. The molecule has 0 bridgehead atoms. The minimum Gasteiger partial charge on any atom is -0.465 e. The molecule has 0 saturated carbocycles. The molecule has 176 valence electrons. The molecule has 0 spiro atoms. The van der Waals surface area contributed by atoms with Gasteiger partial charge in [-0.1, -0.05) is 36.4 Å². The molecule has 0 aliphatic carbocycles. The number of thioether (sulfide) groups is 1. The molecule has 0 fully saturated rings. The lowest BCUT2D eigenvalue weighted by Crippen LogP contribution is -2.41. The van der Waals surface area contributed by atoms with E-state index in [2.05, 4.69) is 4.74 Å². The maximum absolute atomic E-state index is 14.4. The second-order valence-electron chi connectivity index (χ2n) is 7.66. The van der Waals surface area contributed by atoms with E-state index in [0.29, 0.717) is 11.3 Å². The largest absolute Gasteiger partial charge is 0.465 e. The summed E-state index contributed by atoms with van der Waals surface area (Å²) in [4.78, 5) is 27.1. The quantitative estimate of drug-likeness (QED) is 0.332. The monoisotopic (exact) mass is 489 g/mol. The number of anilines is 1. The molecule has 1 unspecified atom stereocenters. The first kappa shape index (κ1) is 23.8. The maximum Gasteiger partial charge on any atom is 0.416 e. The van der Waals surface area contributed by atoms with E-state index in [9.17, 15) is 27.2 Å². The highest BCUT2D eigenvalue weighted by Crippen LogP contribution is 2.42. The number of carbonyl (C=O) groups is 2. The summed E-state index contributed by atoms with van der Waals surface area (Å²) in [6.45, 7) is -0.252. The standard InChI is InChI=1S/C25H19F4NO3S/c1-33-24(32)17-11-10-15(12-19(17)26)13-22-23(31)30(20-8-4-5-9-21(20)34-22)14-16-6-2-3-7-18(16)25(27,28)29/h2-12,22H,13-14H2,1H3. The third-order valence-corrected chi connectivity index (χ3v) is 6.73. The molecule has 1 aliphatic rings. The van der Waals surface area contributed by atoms with E-state index in [0.717, 1.165) is 18.1 Å². The fraction of sp³-hybridized carbons (Fsp3) is 0.200. The molecule has 1 aliphatic heterocycles. The fourth-order valence-electron chi connectivity index (χ4n) is 3.85. The van der Waals surface area contributed by atoms with Crippen LogP contribution in [0.4, 0.5) is 23.2 Å². The summed E-state index contributed by atoms with van der Waals surface area (Å²) in [6, 6.07) is 16.1. The molecule has 1 atom stereocenters. The SMILES string of the molecule is COC(=O)c1ccc(CC2Sc3ccccc3N(Cc3ccccc3C(F)(F)F)C2=O)cc1F. The van der Waals surface area contributed by atoms with Gasteiger partial charge in [0, 0.05) is 4.90 Å². The summed E-state index contributed by atoms with van der Waals surface area (Å²) in [7, 11) is 1.15. The van der Waals surface area contributed by atoms with Gasteiger partial charge in [0.25, 0.3) is 0 Å². The van der Waals surface area contributed by atoms with Crippen molar-refractivity contribution in [2.45, 2.75) is 29.3 Å². The third kappa shape index (κ3) is 4.79. The molecule has 34 heavy (non-hydrogen) atoms. The average Bonchev–Trinajstić information content (AvgIpc) is 2.81. The molecule has 3 aromatic rings. The van der Waals surface area contributed by atoms with Gasteiger partial charge in [0.2, 0.25) is 5.91 Å². The van der Waals surface area contributed by atoms with Crippen LogP contribution in [0, 0.1) is 5.82 Å². The molecule has 0 N–H and O–H groups in total. The first-order chi connectivity index (χ1) is 16.2. The zero-order valence-electron chi connectivity index (χ0n) is 17.9. The zero-order valence-corrected chi connectivity index (χ0v) is 18.8. The van der Waals surface area contributed by atoms with Crippen molar-refractivity contribution in [2.24, 2.45) is 0 Å². The zero-order chi connectivity index (χ0) is 24.5. The number of nitrogens with zero attached hydrogens (tertiary/aromatic N) is 1. The molecule has 0 saturated heterocycles. The van der Waals surface area contributed by atoms with Gasteiger partial charge in [-0.05, 0) is 47.9 Å². The van der Waals surface area contributed by atoms with Crippen LogP contribution in [0.5, 0.6) is 0 Å². The Hall–Kier alpha value is -3.33. The lowest BCUT2D eigenvalue weighted by Gasteiger charge is -2.34. The Bertz CT molecular complexity index is 1240. The van der Waals surface area contributed by atoms with Crippen LogP contribution >= 0.6 is 11.8 Å². The van der Waals surface area contributed by atoms with Crippen molar-refractivity contribution in [3.63, 3.8) is 0 Å². The van der Waals surface area contributed by atoms with Crippen molar-refractivity contribution >= 4 is 29.3 Å². The number of methoxy groups -OCH3 is 1. The van der Waals surface area contributed by atoms with Gasteiger partial charge in [0.1, 0.15) is 5.82 Å². The van der Waals surface area contributed by atoms with Gasteiger partial charge in [-0.3, -0.25) is 4.79 Å². The molecule has 9 heteroatoms. The third-order valence-electron chi connectivity index (χ3n) is 5.48. The Labute approximate surface area is 197 Å². The number of para-hydroxylation sites is 1. The van der Waals surface area contributed by atoms with E-state index in [1.54, 1.807) is 24.3 Å². The summed E-state index contributed by atoms with van der Waals surface area (Å²) in [5.41, 5.74) is -0.0265. The molecule has 0 radical (unpaired) electrons. The van der Waals surface area contributed by atoms with Crippen LogP contribution in [0.2, 0.25) is 0 Å². The normalized spacial score (nSPS) is 15.7. The molecule has 1 heterocycles. The number of rotatable bonds is 5. The summed E-state index contributed by atoms with van der Waals surface area (Å²) < 4.78 is 59.5. The predicted octanol–water partition coefficient (Wildman–Crippen LogP) is 5.88. The predicted molar refractivity (Wildman–Crippen MR) is 120 cm³/mol. The lowest BCUT2D eigenvalue weighted by atomic mass is 10.0. The van der Waals surface area contributed by atoms with Crippen LogP contribution in [0.3, 0.4) is 0 Å². The van der Waals surface area contributed by atoms with Crippen LogP contribution in [-0.4, -0.2) is 24.2 Å².